The molecule has 0 radical (unpaired) electrons. The minimum atomic E-state index is -0.114. The van der Waals surface area contributed by atoms with Crippen molar-refractivity contribution in [1.29, 1.82) is 0 Å². The van der Waals surface area contributed by atoms with Crippen molar-refractivity contribution in [3.63, 3.8) is 0 Å². The smallest absolute Gasteiger partial charge is 0.256 e. The Morgan fingerprint density at radius 2 is 1.85 bits per heavy atom. The third kappa shape index (κ3) is 3.28. The summed E-state index contributed by atoms with van der Waals surface area (Å²) in [5.41, 5.74) is 7.62. The summed E-state index contributed by atoms with van der Waals surface area (Å²) in [5, 5.41) is 8.17. The zero-order chi connectivity index (χ0) is 19.1. The number of aromatic nitrogens is 2. The summed E-state index contributed by atoms with van der Waals surface area (Å²) in [5.74, 6) is -0.114. The lowest BCUT2D eigenvalue weighted by Crippen LogP contribution is -2.05. The van der Waals surface area contributed by atoms with Gasteiger partial charge in [-0.1, -0.05) is 47.5 Å². The first-order chi connectivity index (χ1) is 12.9. The monoisotopic (exact) mass is 377 g/mol. The van der Waals surface area contributed by atoms with Crippen LogP contribution in [-0.2, 0) is 11.3 Å². The molecular weight excluding hydrogens is 358 g/mol. The summed E-state index contributed by atoms with van der Waals surface area (Å²) in [6.45, 7) is 6.79. The molecule has 0 bridgehead atoms. The minimum Gasteiger partial charge on any atom is -0.321 e. The summed E-state index contributed by atoms with van der Waals surface area (Å²) < 4.78 is 1.99. The van der Waals surface area contributed by atoms with E-state index in [0.29, 0.717) is 17.1 Å². The van der Waals surface area contributed by atoms with Crippen LogP contribution in [0.3, 0.4) is 0 Å². The maximum absolute atomic E-state index is 12.4. The minimum absolute atomic E-state index is 0.114. The molecule has 1 aliphatic heterocycles. The SMILES string of the molecule is Cc1ccc(Cn2nc(C)c(/C=C3\C(=O)Nc4cc(Cl)ccc43)c2C)cc1. The van der Waals surface area contributed by atoms with E-state index >= 15 is 0 Å². The molecule has 2 aromatic carbocycles. The van der Waals surface area contributed by atoms with Gasteiger partial charge in [-0.05, 0) is 44.5 Å². The number of carbonyl (C=O) groups excluding carboxylic acids is 1. The van der Waals surface area contributed by atoms with Crippen LogP contribution in [0.4, 0.5) is 5.69 Å². The van der Waals surface area contributed by atoms with E-state index in [4.69, 9.17) is 11.6 Å². The number of halogens is 1. The van der Waals surface area contributed by atoms with Crippen molar-refractivity contribution < 1.29 is 4.79 Å². The topological polar surface area (TPSA) is 46.9 Å². The Hall–Kier alpha value is -2.85. The molecule has 1 aliphatic rings. The van der Waals surface area contributed by atoms with Crippen LogP contribution in [0.1, 0.15) is 33.6 Å². The maximum atomic E-state index is 12.4. The lowest BCUT2D eigenvalue weighted by Gasteiger charge is -2.06. The fourth-order valence-corrected chi connectivity index (χ4v) is 3.57. The molecule has 1 N–H and O–H groups in total. The third-order valence-electron chi connectivity index (χ3n) is 4.94. The molecule has 0 unspecified atom stereocenters. The number of fused-ring (bicyclic) bond motifs is 1. The average Bonchev–Trinajstić information content (AvgIpc) is 3.07. The fourth-order valence-electron chi connectivity index (χ4n) is 3.39. The van der Waals surface area contributed by atoms with Crippen LogP contribution >= 0.6 is 11.6 Å². The van der Waals surface area contributed by atoms with E-state index in [2.05, 4.69) is 41.6 Å². The van der Waals surface area contributed by atoms with Gasteiger partial charge in [0.05, 0.1) is 17.9 Å². The standard InChI is InChI=1S/C22H20ClN3O/c1-13-4-6-16(7-5-13)12-26-15(3)19(14(2)25-26)11-20-18-9-8-17(23)10-21(18)24-22(20)27/h4-11H,12H2,1-3H3,(H,24,27)/b20-11-. The lowest BCUT2D eigenvalue weighted by molar-refractivity contribution is -0.110. The van der Waals surface area contributed by atoms with Gasteiger partial charge in [0.2, 0.25) is 0 Å². The number of hydrogen-bond acceptors (Lipinski definition) is 2. The zero-order valence-corrected chi connectivity index (χ0v) is 16.3. The largest absolute Gasteiger partial charge is 0.321 e. The number of hydrogen-bond donors (Lipinski definition) is 1. The molecule has 1 aromatic heterocycles. The lowest BCUT2D eigenvalue weighted by atomic mass is 10.0. The molecule has 0 fully saturated rings. The Kier molecular flexibility index (Phi) is 4.36. The number of nitrogens with zero attached hydrogens (tertiary/aromatic N) is 2. The van der Waals surface area contributed by atoms with E-state index in [0.717, 1.165) is 28.2 Å². The molecule has 2 heterocycles. The summed E-state index contributed by atoms with van der Waals surface area (Å²) in [4.78, 5) is 12.4. The van der Waals surface area contributed by atoms with E-state index in [-0.39, 0.29) is 5.91 Å². The summed E-state index contributed by atoms with van der Waals surface area (Å²) in [6.07, 6.45) is 1.93. The first-order valence-electron chi connectivity index (χ1n) is 8.85. The second kappa shape index (κ2) is 6.71. The van der Waals surface area contributed by atoms with E-state index in [9.17, 15) is 4.79 Å². The predicted molar refractivity (Wildman–Crippen MR) is 110 cm³/mol. The van der Waals surface area contributed by atoms with Gasteiger partial charge in [0, 0.05) is 27.4 Å². The highest BCUT2D eigenvalue weighted by Gasteiger charge is 2.25. The fraction of sp³-hybridized carbons (Fsp3) is 0.182. The number of anilines is 1. The summed E-state index contributed by atoms with van der Waals surface area (Å²) in [6, 6.07) is 13.9. The predicted octanol–water partition coefficient (Wildman–Crippen LogP) is 5.00. The van der Waals surface area contributed by atoms with Crippen molar-refractivity contribution in [1.82, 2.24) is 9.78 Å². The van der Waals surface area contributed by atoms with E-state index in [1.54, 1.807) is 12.1 Å². The highest BCUT2D eigenvalue weighted by molar-refractivity contribution is 6.36. The van der Waals surface area contributed by atoms with Crippen molar-refractivity contribution in [3.05, 3.63) is 81.1 Å². The molecule has 136 valence electrons. The van der Waals surface area contributed by atoms with Crippen molar-refractivity contribution in [2.75, 3.05) is 5.32 Å². The van der Waals surface area contributed by atoms with Crippen molar-refractivity contribution in [2.45, 2.75) is 27.3 Å². The van der Waals surface area contributed by atoms with Crippen LogP contribution in [0.25, 0.3) is 11.6 Å². The number of benzene rings is 2. The number of rotatable bonds is 3. The van der Waals surface area contributed by atoms with Crippen LogP contribution in [0, 0.1) is 20.8 Å². The molecule has 5 heteroatoms. The number of amides is 1. The van der Waals surface area contributed by atoms with Gasteiger partial charge < -0.3 is 5.32 Å². The number of aryl methyl sites for hydroxylation is 2. The van der Waals surface area contributed by atoms with E-state index < -0.39 is 0 Å². The molecule has 4 rings (SSSR count). The first kappa shape index (κ1) is 17.6. The molecule has 0 atom stereocenters. The van der Waals surface area contributed by atoms with Gasteiger partial charge in [-0.2, -0.15) is 5.10 Å². The average molecular weight is 378 g/mol. The Balaban J connectivity index is 1.71. The van der Waals surface area contributed by atoms with E-state index in [1.165, 1.54) is 11.1 Å². The summed E-state index contributed by atoms with van der Waals surface area (Å²) in [7, 11) is 0. The molecular formula is C22H20ClN3O. The Bertz CT molecular complexity index is 1080. The zero-order valence-electron chi connectivity index (χ0n) is 15.5. The van der Waals surface area contributed by atoms with Crippen LogP contribution in [0.2, 0.25) is 5.02 Å². The molecule has 3 aromatic rings. The van der Waals surface area contributed by atoms with Gasteiger partial charge in [-0.25, -0.2) is 0 Å². The van der Waals surface area contributed by atoms with Crippen molar-refractivity contribution in [3.8, 4) is 0 Å². The molecule has 0 saturated carbocycles. The van der Waals surface area contributed by atoms with Crippen molar-refractivity contribution >= 4 is 34.8 Å². The van der Waals surface area contributed by atoms with Gasteiger partial charge in [-0.3, -0.25) is 9.48 Å². The molecule has 27 heavy (non-hydrogen) atoms. The Morgan fingerprint density at radius 1 is 1.11 bits per heavy atom. The molecule has 0 aliphatic carbocycles. The normalized spacial score (nSPS) is 14.5. The van der Waals surface area contributed by atoms with Gasteiger partial charge >= 0.3 is 0 Å². The third-order valence-corrected chi connectivity index (χ3v) is 5.18. The van der Waals surface area contributed by atoms with E-state index in [1.807, 2.05) is 30.7 Å². The number of carbonyl (C=O) groups is 1. The van der Waals surface area contributed by atoms with Crippen LogP contribution in [0.5, 0.6) is 0 Å². The van der Waals surface area contributed by atoms with Gasteiger partial charge in [0.15, 0.2) is 0 Å². The van der Waals surface area contributed by atoms with Gasteiger partial charge in [0.1, 0.15) is 0 Å². The second-order valence-corrected chi connectivity index (χ2v) is 7.37. The quantitative estimate of drug-likeness (QED) is 0.652. The highest BCUT2D eigenvalue weighted by atomic mass is 35.5. The molecule has 0 spiro atoms. The van der Waals surface area contributed by atoms with Crippen LogP contribution in [-0.4, -0.2) is 15.7 Å². The first-order valence-corrected chi connectivity index (χ1v) is 9.22. The summed E-state index contributed by atoms with van der Waals surface area (Å²) >= 11 is 6.04. The van der Waals surface area contributed by atoms with Crippen LogP contribution < -0.4 is 5.32 Å². The molecule has 4 nitrogen and oxygen atoms in total. The highest BCUT2D eigenvalue weighted by Crippen LogP contribution is 2.35. The Labute approximate surface area is 163 Å². The van der Waals surface area contributed by atoms with Crippen LogP contribution in [0.15, 0.2) is 42.5 Å². The molecule has 1 amide bonds. The molecule has 0 saturated heterocycles. The number of nitrogens with one attached hydrogen (secondary N) is 1. The second-order valence-electron chi connectivity index (χ2n) is 6.93. The Morgan fingerprint density at radius 3 is 2.59 bits per heavy atom. The van der Waals surface area contributed by atoms with Crippen molar-refractivity contribution in [2.24, 2.45) is 0 Å². The maximum Gasteiger partial charge on any atom is 0.256 e. The van der Waals surface area contributed by atoms with Gasteiger partial charge in [0.25, 0.3) is 5.91 Å². The van der Waals surface area contributed by atoms with Gasteiger partial charge in [-0.15, -0.1) is 0 Å².